The third kappa shape index (κ3) is 2.83. The van der Waals surface area contributed by atoms with E-state index in [1.165, 1.54) is 24.0 Å². The Hall–Kier alpha value is -0.530. The first kappa shape index (κ1) is 12.9. The molecule has 0 fully saturated rings. The third-order valence-electron chi connectivity index (χ3n) is 3.84. The molecule has 0 saturated carbocycles. The van der Waals surface area contributed by atoms with E-state index in [4.69, 9.17) is 11.6 Å². The molecule has 1 aliphatic rings. The van der Waals surface area contributed by atoms with Crippen LogP contribution >= 0.6 is 11.6 Å². The largest absolute Gasteiger partial charge is 0.307 e. The van der Waals surface area contributed by atoms with Gasteiger partial charge in [0.1, 0.15) is 0 Å². The summed E-state index contributed by atoms with van der Waals surface area (Å²) >= 11 is 6.03. The van der Waals surface area contributed by atoms with Crippen LogP contribution in [0.25, 0.3) is 0 Å². The molecule has 2 atom stereocenters. The number of benzene rings is 1. The van der Waals surface area contributed by atoms with Crippen molar-refractivity contribution in [1.29, 1.82) is 0 Å². The Morgan fingerprint density at radius 2 is 2.18 bits per heavy atom. The number of nitrogens with one attached hydrogen (secondary N) is 1. The topological polar surface area (TPSA) is 12.0 Å². The van der Waals surface area contributed by atoms with Crippen molar-refractivity contribution in [2.45, 2.75) is 52.1 Å². The first-order valence-corrected chi connectivity index (χ1v) is 7.04. The molecule has 0 radical (unpaired) electrons. The number of hydrogen-bond donors (Lipinski definition) is 1. The number of aryl methyl sites for hydroxylation is 1. The predicted octanol–water partition coefficient (Wildman–Crippen LogP) is 4.35. The van der Waals surface area contributed by atoms with Crippen molar-refractivity contribution >= 4 is 11.6 Å². The van der Waals surface area contributed by atoms with Gasteiger partial charge in [-0.2, -0.15) is 0 Å². The molecule has 17 heavy (non-hydrogen) atoms. The van der Waals surface area contributed by atoms with Crippen LogP contribution in [-0.4, -0.2) is 6.04 Å². The Morgan fingerprint density at radius 3 is 2.82 bits per heavy atom. The number of rotatable bonds is 4. The van der Waals surface area contributed by atoms with Gasteiger partial charge in [0.2, 0.25) is 0 Å². The van der Waals surface area contributed by atoms with Gasteiger partial charge in [-0.1, -0.05) is 38.4 Å². The van der Waals surface area contributed by atoms with Crippen LogP contribution in [0.5, 0.6) is 0 Å². The second kappa shape index (κ2) is 5.41. The smallest absolute Gasteiger partial charge is 0.0408 e. The molecule has 1 aromatic rings. The summed E-state index contributed by atoms with van der Waals surface area (Å²) in [6, 6.07) is 7.46. The van der Waals surface area contributed by atoms with Gasteiger partial charge < -0.3 is 5.32 Å². The molecular weight excluding hydrogens is 230 g/mol. The van der Waals surface area contributed by atoms with Crippen molar-refractivity contribution < 1.29 is 0 Å². The highest BCUT2D eigenvalue weighted by Gasteiger charge is 2.25. The summed E-state index contributed by atoms with van der Waals surface area (Å²) < 4.78 is 0. The molecule has 2 heteroatoms. The van der Waals surface area contributed by atoms with Gasteiger partial charge in [0.15, 0.2) is 0 Å². The second-order valence-electron chi connectivity index (χ2n) is 5.36. The van der Waals surface area contributed by atoms with Gasteiger partial charge >= 0.3 is 0 Å². The van der Waals surface area contributed by atoms with Gasteiger partial charge in [-0.15, -0.1) is 0 Å². The average molecular weight is 252 g/mol. The van der Waals surface area contributed by atoms with Crippen molar-refractivity contribution in [1.82, 2.24) is 5.32 Å². The Kier molecular flexibility index (Phi) is 4.11. The summed E-state index contributed by atoms with van der Waals surface area (Å²) in [6.07, 6.45) is 3.55. The maximum Gasteiger partial charge on any atom is 0.0408 e. The van der Waals surface area contributed by atoms with Crippen molar-refractivity contribution in [3.63, 3.8) is 0 Å². The summed E-state index contributed by atoms with van der Waals surface area (Å²) in [5.74, 6) is 0.691. The van der Waals surface area contributed by atoms with E-state index in [2.05, 4.69) is 38.2 Å². The quantitative estimate of drug-likeness (QED) is 0.839. The van der Waals surface area contributed by atoms with Crippen molar-refractivity contribution in [2.75, 3.05) is 0 Å². The minimum absolute atomic E-state index is 0.523. The van der Waals surface area contributed by atoms with Crippen LogP contribution in [0.2, 0.25) is 5.02 Å². The Balaban J connectivity index is 2.11. The molecule has 94 valence electrons. The van der Waals surface area contributed by atoms with Crippen molar-refractivity contribution in [2.24, 2.45) is 5.92 Å². The molecule has 0 aliphatic heterocycles. The fourth-order valence-corrected chi connectivity index (χ4v) is 2.99. The van der Waals surface area contributed by atoms with E-state index >= 15 is 0 Å². The molecular formula is C15H22ClN. The second-order valence-corrected chi connectivity index (χ2v) is 5.80. The average Bonchev–Trinajstić information content (AvgIpc) is 2.67. The molecule has 1 aliphatic carbocycles. The van der Waals surface area contributed by atoms with Crippen LogP contribution in [-0.2, 0) is 6.42 Å². The van der Waals surface area contributed by atoms with E-state index in [9.17, 15) is 0 Å². The zero-order valence-electron chi connectivity index (χ0n) is 11.0. The van der Waals surface area contributed by atoms with Gasteiger partial charge in [0.25, 0.3) is 0 Å². The lowest BCUT2D eigenvalue weighted by Crippen LogP contribution is -2.35. The Labute approximate surface area is 110 Å². The highest BCUT2D eigenvalue weighted by Crippen LogP contribution is 2.33. The highest BCUT2D eigenvalue weighted by atomic mass is 35.5. The van der Waals surface area contributed by atoms with Gasteiger partial charge in [0.05, 0.1) is 0 Å². The van der Waals surface area contributed by atoms with Crippen LogP contribution in [0.4, 0.5) is 0 Å². The Bertz CT molecular complexity index is 387. The molecule has 1 N–H and O–H groups in total. The SMILES string of the molecule is CCC(NC1CCc2cc(Cl)ccc21)C(C)C. The lowest BCUT2D eigenvalue weighted by atomic mass is 9.99. The standard InChI is InChI=1S/C15H22ClN/c1-4-14(10(2)3)17-15-8-5-11-9-12(16)6-7-13(11)15/h6-7,9-10,14-15,17H,4-5,8H2,1-3H3. The fraction of sp³-hybridized carbons (Fsp3) is 0.600. The van der Waals surface area contributed by atoms with Crippen molar-refractivity contribution in [3.8, 4) is 0 Å². The molecule has 0 heterocycles. The van der Waals surface area contributed by atoms with E-state index in [1.54, 1.807) is 0 Å². The maximum atomic E-state index is 6.03. The predicted molar refractivity (Wildman–Crippen MR) is 74.6 cm³/mol. The minimum Gasteiger partial charge on any atom is -0.307 e. The number of hydrogen-bond acceptors (Lipinski definition) is 1. The van der Waals surface area contributed by atoms with Crippen LogP contribution in [0.15, 0.2) is 18.2 Å². The maximum absolute atomic E-state index is 6.03. The summed E-state index contributed by atoms with van der Waals surface area (Å²) in [6.45, 7) is 6.84. The van der Waals surface area contributed by atoms with Crippen LogP contribution in [0, 0.1) is 5.92 Å². The molecule has 0 bridgehead atoms. The lowest BCUT2D eigenvalue weighted by molar-refractivity contribution is 0.344. The zero-order chi connectivity index (χ0) is 12.4. The zero-order valence-corrected chi connectivity index (χ0v) is 11.7. The van der Waals surface area contributed by atoms with Crippen LogP contribution in [0.1, 0.15) is 50.8 Å². The molecule has 1 aromatic carbocycles. The van der Waals surface area contributed by atoms with E-state index in [-0.39, 0.29) is 0 Å². The first-order chi connectivity index (χ1) is 8.11. The lowest BCUT2D eigenvalue weighted by Gasteiger charge is -2.25. The van der Waals surface area contributed by atoms with Crippen molar-refractivity contribution in [3.05, 3.63) is 34.3 Å². The number of halogens is 1. The molecule has 2 rings (SSSR count). The van der Waals surface area contributed by atoms with Crippen LogP contribution in [0.3, 0.4) is 0 Å². The number of fused-ring (bicyclic) bond motifs is 1. The summed E-state index contributed by atoms with van der Waals surface area (Å²) in [5, 5.41) is 4.66. The molecule has 0 saturated heterocycles. The normalized spacial score (nSPS) is 20.6. The Morgan fingerprint density at radius 1 is 1.41 bits per heavy atom. The molecule has 0 amide bonds. The minimum atomic E-state index is 0.523. The fourth-order valence-electron chi connectivity index (χ4n) is 2.80. The van der Waals surface area contributed by atoms with E-state index in [0.29, 0.717) is 18.0 Å². The summed E-state index contributed by atoms with van der Waals surface area (Å²) in [4.78, 5) is 0. The monoisotopic (exact) mass is 251 g/mol. The van der Waals surface area contributed by atoms with Gasteiger partial charge in [-0.25, -0.2) is 0 Å². The van der Waals surface area contributed by atoms with Gasteiger partial charge in [-0.3, -0.25) is 0 Å². The molecule has 2 unspecified atom stereocenters. The van der Waals surface area contributed by atoms with Crippen LogP contribution < -0.4 is 5.32 Å². The summed E-state index contributed by atoms with van der Waals surface area (Å²) in [5.41, 5.74) is 2.88. The first-order valence-electron chi connectivity index (χ1n) is 6.66. The summed E-state index contributed by atoms with van der Waals surface area (Å²) in [7, 11) is 0. The molecule has 1 nitrogen and oxygen atoms in total. The van der Waals surface area contributed by atoms with E-state index in [1.807, 2.05) is 6.07 Å². The highest BCUT2D eigenvalue weighted by molar-refractivity contribution is 6.30. The van der Waals surface area contributed by atoms with Gasteiger partial charge in [-0.05, 0) is 48.4 Å². The van der Waals surface area contributed by atoms with Gasteiger partial charge in [0, 0.05) is 17.1 Å². The third-order valence-corrected chi connectivity index (χ3v) is 4.08. The molecule has 0 spiro atoms. The molecule has 0 aromatic heterocycles. The van der Waals surface area contributed by atoms with E-state index < -0.39 is 0 Å². The van der Waals surface area contributed by atoms with E-state index in [0.717, 1.165) is 11.4 Å².